The average molecular weight is 430 g/mol. The molecule has 2 heterocycles. The first-order chi connectivity index (χ1) is 14.8. The Balaban J connectivity index is 1.57. The molecule has 0 unspecified atom stereocenters. The minimum absolute atomic E-state index is 0.0136. The quantitative estimate of drug-likeness (QED) is 0.716. The molecule has 0 saturated carbocycles. The molecule has 2 saturated heterocycles. The van der Waals surface area contributed by atoms with Crippen LogP contribution in [-0.4, -0.2) is 99.0 Å². The monoisotopic (exact) mass is 429 g/mol. The van der Waals surface area contributed by atoms with E-state index in [1.807, 2.05) is 36.9 Å². The Bertz CT molecular complexity index is 735. The number of benzene rings is 1. The Morgan fingerprint density at radius 3 is 2.29 bits per heavy atom. The first-order valence-corrected chi connectivity index (χ1v) is 11.7. The molecule has 2 amide bonds. The number of nitrogens with zero attached hydrogens (tertiary/aromatic N) is 4. The lowest BCUT2D eigenvalue weighted by Crippen LogP contribution is -2.50. The number of carbonyl (C=O) groups is 2. The minimum Gasteiger partial charge on any atom is -0.371 e. The number of piperazine rings is 1. The van der Waals surface area contributed by atoms with Crippen LogP contribution in [0, 0.1) is 5.92 Å². The Morgan fingerprint density at radius 2 is 1.68 bits per heavy atom. The summed E-state index contributed by atoms with van der Waals surface area (Å²) in [5, 5.41) is 3.15. The summed E-state index contributed by atoms with van der Waals surface area (Å²) in [4.78, 5) is 34.3. The standard InChI is InChI=1S/C24H39N5O2/c1-19(2)23(30)25-20-9-11-28(12-10-20)22-8-6-5-7-21(22)24(31)29-17-15-27(16-18-29)14-13-26(3)4/h5-8,19-20H,9-18H2,1-4H3,(H,25,30). The van der Waals surface area contributed by atoms with Crippen molar-refractivity contribution in [3.8, 4) is 0 Å². The lowest BCUT2D eigenvalue weighted by atomic mass is 10.0. The van der Waals surface area contributed by atoms with Gasteiger partial charge in [-0.15, -0.1) is 0 Å². The third-order valence-corrected chi connectivity index (χ3v) is 6.36. The zero-order valence-electron chi connectivity index (χ0n) is 19.6. The molecule has 7 heteroatoms. The number of hydrogen-bond acceptors (Lipinski definition) is 5. The number of rotatable bonds is 7. The van der Waals surface area contributed by atoms with Crippen molar-refractivity contribution < 1.29 is 9.59 Å². The second-order valence-electron chi connectivity index (χ2n) is 9.38. The van der Waals surface area contributed by atoms with Gasteiger partial charge in [0.25, 0.3) is 5.91 Å². The van der Waals surface area contributed by atoms with Crippen molar-refractivity contribution in [1.29, 1.82) is 0 Å². The SMILES string of the molecule is CC(C)C(=O)NC1CCN(c2ccccc2C(=O)N2CCN(CCN(C)C)CC2)CC1. The molecule has 31 heavy (non-hydrogen) atoms. The molecule has 2 aliphatic heterocycles. The summed E-state index contributed by atoms with van der Waals surface area (Å²) in [6.45, 7) is 11.1. The molecule has 0 radical (unpaired) electrons. The topological polar surface area (TPSA) is 59.1 Å². The van der Waals surface area contributed by atoms with Gasteiger partial charge in [0, 0.05) is 70.0 Å². The van der Waals surface area contributed by atoms with Gasteiger partial charge in [0.1, 0.15) is 0 Å². The van der Waals surface area contributed by atoms with E-state index in [0.717, 1.165) is 76.5 Å². The van der Waals surface area contributed by atoms with Gasteiger partial charge in [-0.25, -0.2) is 0 Å². The van der Waals surface area contributed by atoms with Crippen LogP contribution in [0.1, 0.15) is 37.0 Å². The number of likely N-dealkylation sites (N-methyl/N-ethyl adjacent to an activating group) is 1. The van der Waals surface area contributed by atoms with Crippen molar-refractivity contribution in [3.05, 3.63) is 29.8 Å². The molecular formula is C24H39N5O2. The molecule has 0 bridgehead atoms. The highest BCUT2D eigenvalue weighted by Gasteiger charge is 2.27. The van der Waals surface area contributed by atoms with Crippen LogP contribution >= 0.6 is 0 Å². The summed E-state index contributed by atoms with van der Waals surface area (Å²) in [7, 11) is 4.19. The number of piperidine rings is 1. The second-order valence-corrected chi connectivity index (χ2v) is 9.38. The van der Waals surface area contributed by atoms with Crippen LogP contribution in [0.25, 0.3) is 0 Å². The van der Waals surface area contributed by atoms with Gasteiger partial charge in [0.15, 0.2) is 0 Å². The fourth-order valence-corrected chi connectivity index (χ4v) is 4.25. The maximum Gasteiger partial charge on any atom is 0.256 e. The summed E-state index contributed by atoms with van der Waals surface area (Å²) < 4.78 is 0. The Hall–Kier alpha value is -2.12. The van der Waals surface area contributed by atoms with Gasteiger partial charge >= 0.3 is 0 Å². The Morgan fingerprint density at radius 1 is 1.03 bits per heavy atom. The highest BCUT2D eigenvalue weighted by atomic mass is 16.2. The number of anilines is 1. The van der Waals surface area contributed by atoms with Crippen molar-refractivity contribution in [2.24, 2.45) is 5.92 Å². The van der Waals surface area contributed by atoms with Crippen LogP contribution in [0.3, 0.4) is 0 Å². The highest BCUT2D eigenvalue weighted by molar-refractivity contribution is 6.00. The second kappa shape index (κ2) is 11.0. The Kier molecular flexibility index (Phi) is 8.32. The molecule has 0 spiro atoms. The van der Waals surface area contributed by atoms with Crippen LogP contribution < -0.4 is 10.2 Å². The van der Waals surface area contributed by atoms with Gasteiger partial charge < -0.3 is 20.0 Å². The third kappa shape index (κ3) is 6.43. The van der Waals surface area contributed by atoms with E-state index >= 15 is 0 Å². The average Bonchev–Trinajstić information content (AvgIpc) is 2.78. The molecular weight excluding hydrogens is 390 g/mol. The predicted octanol–water partition coefficient (Wildman–Crippen LogP) is 1.75. The third-order valence-electron chi connectivity index (χ3n) is 6.36. The molecule has 0 aliphatic carbocycles. The summed E-state index contributed by atoms with van der Waals surface area (Å²) in [5.41, 5.74) is 1.82. The smallest absolute Gasteiger partial charge is 0.256 e. The maximum atomic E-state index is 13.3. The number of carbonyl (C=O) groups excluding carboxylic acids is 2. The lowest BCUT2D eigenvalue weighted by Gasteiger charge is -2.37. The van der Waals surface area contributed by atoms with Crippen LogP contribution in [0.15, 0.2) is 24.3 Å². The van der Waals surface area contributed by atoms with Gasteiger partial charge in [-0.05, 0) is 39.1 Å². The molecule has 2 fully saturated rings. The first-order valence-electron chi connectivity index (χ1n) is 11.7. The summed E-state index contributed by atoms with van der Waals surface area (Å²) in [6.07, 6.45) is 1.82. The molecule has 2 aliphatic rings. The summed E-state index contributed by atoms with van der Waals surface area (Å²) >= 11 is 0. The van der Waals surface area contributed by atoms with E-state index < -0.39 is 0 Å². The van der Waals surface area contributed by atoms with E-state index in [4.69, 9.17) is 0 Å². The first kappa shape index (κ1) is 23.5. The predicted molar refractivity (Wildman–Crippen MR) is 126 cm³/mol. The van der Waals surface area contributed by atoms with Crippen LogP contribution in [0.4, 0.5) is 5.69 Å². The summed E-state index contributed by atoms with van der Waals surface area (Å²) in [6, 6.07) is 8.22. The van der Waals surface area contributed by atoms with Crippen LogP contribution in [0.5, 0.6) is 0 Å². The van der Waals surface area contributed by atoms with E-state index in [-0.39, 0.29) is 23.8 Å². The van der Waals surface area contributed by atoms with E-state index in [9.17, 15) is 9.59 Å². The van der Waals surface area contributed by atoms with Gasteiger partial charge in [-0.3, -0.25) is 14.5 Å². The molecule has 1 N–H and O–H groups in total. The normalized spacial score (nSPS) is 18.6. The highest BCUT2D eigenvalue weighted by Crippen LogP contribution is 2.26. The molecule has 1 aromatic rings. The minimum atomic E-state index is 0.0136. The molecule has 7 nitrogen and oxygen atoms in total. The molecule has 0 aromatic heterocycles. The van der Waals surface area contributed by atoms with E-state index in [0.29, 0.717) is 0 Å². The van der Waals surface area contributed by atoms with Crippen molar-refractivity contribution in [1.82, 2.24) is 20.0 Å². The van der Waals surface area contributed by atoms with E-state index in [2.05, 4.69) is 40.2 Å². The van der Waals surface area contributed by atoms with Crippen molar-refractivity contribution in [2.45, 2.75) is 32.7 Å². The molecule has 1 aromatic carbocycles. The molecule has 3 rings (SSSR count). The molecule has 172 valence electrons. The van der Waals surface area contributed by atoms with Crippen LogP contribution in [0.2, 0.25) is 0 Å². The zero-order valence-corrected chi connectivity index (χ0v) is 19.6. The largest absolute Gasteiger partial charge is 0.371 e. The number of amides is 2. The van der Waals surface area contributed by atoms with Crippen LogP contribution in [-0.2, 0) is 4.79 Å². The zero-order chi connectivity index (χ0) is 22.4. The van der Waals surface area contributed by atoms with Gasteiger partial charge in [0.05, 0.1) is 5.56 Å². The van der Waals surface area contributed by atoms with Gasteiger partial charge in [0.2, 0.25) is 5.91 Å². The van der Waals surface area contributed by atoms with Gasteiger partial charge in [-0.1, -0.05) is 26.0 Å². The van der Waals surface area contributed by atoms with Crippen molar-refractivity contribution in [3.63, 3.8) is 0 Å². The number of nitrogens with one attached hydrogen (secondary N) is 1. The van der Waals surface area contributed by atoms with Gasteiger partial charge in [-0.2, -0.15) is 0 Å². The Labute approximate surface area is 187 Å². The van der Waals surface area contributed by atoms with E-state index in [1.54, 1.807) is 0 Å². The fourth-order valence-electron chi connectivity index (χ4n) is 4.25. The lowest BCUT2D eigenvalue weighted by molar-refractivity contribution is -0.124. The maximum absolute atomic E-state index is 13.3. The molecule has 0 atom stereocenters. The van der Waals surface area contributed by atoms with E-state index in [1.165, 1.54) is 0 Å². The fraction of sp³-hybridized carbons (Fsp3) is 0.667. The number of hydrogen-bond donors (Lipinski definition) is 1. The van der Waals surface area contributed by atoms with Crippen molar-refractivity contribution >= 4 is 17.5 Å². The summed E-state index contributed by atoms with van der Waals surface area (Å²) in [5.74, 6) is 0.275. The van der Waals surface area contributed by atoms with Crippen molar-refractivity contribution in [2.75, 3.05) is 71.4 Å². The number of para-hydroxylation sites is 1.